The second-order valence-corrected chi connectivity index (χ2v) is 1.37. The summed E-state index contributed by atoms with van der Waals surface area (Å²) in [4.78, 5) is 10.7. The molecule has 3 nitrogen and oxygen atoms in total. The Morgan fingerprint density at radius 2 is 2.14 bits per heavy atom. The molecule has 3 heteroatoms. The van der Waals surface area contributed by atoms with Crippen LogP contribution in [0.25, 0.3) is 0 Å². The highest BCUT2D eigenvalue weighted by molar-refractivity contribution is 5.46. The molecule has 1 radical (unpaired) electrons. The SMILES string of the molecule is CC([O])N(C)C=O. The van der Waals surface area contributed by atoms with Gasteiger partial charge in [0.15, 0.2) is 6.23 Å². The van der Waals surface area contributed by atoms with Gasteiger partial charge in [-0.3, -0.25) is 4.79 Å². The van der Waals surface area contributed by atoms with Crippen molar-refractivity contribution in [3.63, 3.8) is 0 Å². The molecule has 0 rings (SSSR count). The van der Waals surface area contributed by atoms with Gasteiger partial charge in [0.1, 0.15) is 0 Å². The summed E-state index contributed by atoms with van der Waals surface area (Å²) in [5.74, 6) is 0. The minimum atomic E-state index is -0.919. The molecule has 1 amide bonds. The van der Waals surface area contributed by atoms with Crippen molar-refractivity contribution in [1.82, 2.24) is 4.90 Å². The van der Waals surface area contributed by atoms with E-state index in [1.165, 1.54) is 14.0 Å². The van der Waals surface area contributed by atoms with Crippen LogP contribution < -0.4 is 0 Å². The minimum Gasteiger partial charge on any atom is -0.320 e. The van der Waals surface area contributed by atoms with E-state index in [0.717, 1.165) is 4.90 Å². The van der Waals surface area contributed by atoms with Gasteiger partial charge in [-0.1, -0.05) is 0 Å². The number of amides is 1. The fourth-order valence-electron chi connectivity index (χ4n) is 0.0857. The highest BCUT2D eigenvalue weighted by Gasteiger charge is 1.99. The maximum Gasteiger partial charge on any atom is 0.211 e. The summed E-state index contributed by atoms with van der Waals surface area (Å²) in [6.45, 7) is 1.41. The van der Waals surface area contributed by atoms with Crippen molar-refractivity contribution in [1.29, 1.82) is 0 Å². The van der Waals surface area contributed by atoms with Gasteiger partial charge < -0.3 is 4.90 Å². The summed E-state index contributed by atoms with van der Waals surface area (Å²) >= 11 is 0. The number of hydrogen-bond acceptors (Lipinski definition) is 1. The predicted octanol–water partition coefficient (Wildman–Crippen LogP) is -0.149. The average molecular weight is 102 g/mol. The van der Waals surface area contributed by atoms with Crippen molar-refractivity contribution in [3.8, 4) is 0 Å². The lowest BCUT2D eigenvalue weighted by atomic mass is 10.6. The quantitative estimate of drug-likeness (QED) is 0.353. The monoisotopic (exact) mass is 102 g/mol. The standard InChI is InChI=1S/C4H8NO2/c1-4(7)5(2)3-6/h3-4H,1-2H3. The zero-order chi connectivity index (χ0) is 5.86. The molecule has 0 aromatic heterocycles. The Morgan fingerprint density at radius 1 is 1.71 bits per heavy atom. The highest BCUT2D eigenvalue weighted by atomic mass is 16.3. The summed E-state index contributed by atoms with van der Waals surface area (Å²) < 4.78 is 0. The topological polar surface area (TPSA) is 40.2 Å². The molecule has 7 heavy (non-hydrogen) atoms. The van der Waals surface area contributed by atoms with E-state index in [2.05, 4.69) is 0 Å². The molecule has 0 aliphatic carbocycles. The van der Waals surface area contributed by atoms with Crippen LogP contribution in [0.3, 0.4) is 0 Å². The summed E-state index contributed by atoms with van der Waals surface area (Å²) in [5.41, 5.74) is 0. The number of carbonyl (C=O) groups is 1. The molecule has 0 aromatic rings. The first-order valence-electron chi connectivity index (χ1n) is 2.01. The van der Waals surface area contributed by atoms with E-state index in [4.69, 9.17) is 0 Å². The van der Waals surface area contributed by atoms with Gasteiger partial charge in [-0.25, -0.2) is 5.11 Å². The van der Waals surface area contributed by atoms with E-state index in [9.17, 15) is 9.90 Å². The average Bonchev–Trinajstić information content (AvgIpc) is 1.65. The molecule has 0 heterocycles. The Hall–Kier alpha value is -0.570. The van der Waals surface area contributed by atoms with Crippen molar-refractivity contribution < 1.29 is 9.90 Å². The van der Waals surface area contributed by atoms with Gasteiger partial charge in [0, 0.05) is 7.05 Å². The lowest BCUT2D eigenvalue weighted by Gasteiger charge is -2.09. The van der Waals surface area contributed by atoms with E-state index in [0.29, 0.717) is 6.41 Å². The van der Waals surface area contributed by atoms with Crippen LogP contribution in [0.5, 0.6) is 0 Å². The first kappa shape index (κ1) is 6.43. The molecule has 0 aliphatic heterocycles. The maximum atomic E-state index is 10.2. The number of nitrogens with zero attached hydrogens (tertiary/aromatic N) is 1. The molecule has 0 aliphatic rings. The molecule has 1 unspecified atom stereocenters. The second kappa shape index (κ2) is 2.58. The normalized spacial score (nSPS) is 13.0. The minimum absolute atomic E-state index is 0.512. The third-order valence-corrected chi connectivity index (χ3v) is 0.740. The Balaban J connectivity index is 3.33. The second-order valence-electron chi connectivity index (χ2n) is 1.37. The molecule has 0 fully saturated rings. The smallest absolute Gasteiger partial charge is 0.211 e. The molecule has 0 bridgehead atoms. The van der Waals surface area contributed by atoms with Crippen LogP contribution in [0.4, 0.5) is 0 Å². The Bertz CT molecular complexity index is 62.7. The van der Waals surface area contributed by atoms with Gasteiger partial charge in [-0.2, -0.15) is 0 Å². The fourth-order valence-corrected chi connectivity index (χ4v) is 0.0857. The van der Waals surface area contributed by atoms with Crippen LogP contribution in [0.15, 0.2) is 0 Å². The number of carbonyl (C=O) groups excluding carboxylic acids is 1. The van der Waals surface area contributed by atoms with Crippen LogP contribution in [-0.2, 0) is 9.90 Å². The predicted molar refractivity (Wildman–Crippen MR) is 24.0 cm³/mol. The Morgan fingerprint density at radius 3 is 2.14 bits per heavy atom. The molecular weight excluding hydrogens is 94.0 g/mol. The van der Waals surface area contributed by atoms with Crippen LogP contribution in [0.2, 0.25) is 0 Å². The first-order valence-corrected chi connectivity index (χ1v) is 2.01. The van der Waals surface area contributed by atoms with Gasteiger partial charge in [0.05, 0.1) is 0 Å². The van der Waals surface area contributed by atoms with Crippen LogP contribution in [-0.4, -0.2) is 24.6 Å². The third kappa shape index (κ3) is 2.17. The molecule has 0 spiro atoms. The van der Waals surface area contributed by atoms with Gasteiger partial charge in [-0.15, -0.1) is 0 Å². The van der Waals surface area contributed by atoms with Crippen molar-refractivity contribution >= 4 is 6.41 Å². The van der Waals surface area contributed by atoms with E-state index in [1.807, 2.05) is 0 Å². The van der Waals surface area contributed by atoms with E-state index in [-0.39, 0.29) is 0 Å². The number of hydrogen-bond donors (Lipinski definition) is 0. The largest absolute Gasteiger partial charge is 0.320 e. The van der Waals surface area contributed by atoms with Gasteiger partial charge in [0.25, 0.3) is 0 Å². The summed E-state index contributed by atoms with van der Waals surface area (Å²) in [6.07, 6.45) is -0.407. The van der Waals surface area contributed by atoms with E-state index >= 15 is 0 Å². The molecule has 1 atom stereocenters. The summed E-state index contributed by atoms with van der Waals surface area (Å²) in [6, 6.07) is 0. The molecular formula is C4H8NO2. The van der Waals surface area contributed by atoms with Crippen molar-refractivity contribution in [2.45, 2.75) is 13.2 Å². The van der Waals surface area contributed by atoms with Crippen molar-refractivity contribution in [2.24, 2.45) is 0 Å². The van der Waals surface area contributed by atoms with Gasteiger partial charge in [0.2, 0.25) is 6.41 Å². The number of rotatable bonds is 2. The van der Waals surface area contributed by atoms with E-state index < -0.39 is 6.23 Å². The van der Waals surface area contributed by atoms with Crippen LogP contribution in [0, 0.1) is 0 Å². The van der Waals surface area contributed by atoms with Gasteiger partial charge in [-0.05, 0) is 6.92 Å². The van der Waals surface area contributed by atoms with E-state index in [1.54, 1.807) is 0 Å². The molecule has 0 aromatic carbocycles. The molecule has 0 N–H and O–H groups in total. The Labute approximate surface area is 42.5 Å². The molecule has 41 valence electrons. The lowest BCUT2D eigenvalue weighted by Crippen LogP contribution is -2.25. The zero-order valence-corrected chi connectivity index (χ0v) is 4.42. The maximum absolute atomic E-state index is 10.2. The summed E-state index contributed by atoms with van der Waals surface area (Å²) in [5, 5.41) is 10.2. The van der Waals surface area contributed by atoms with Crippen molar-refractivity contribution in [2.75, 3.05) is 7.05 Å². The molecule has 0 saturated carbocycles. The third-order valence-electron chi connectivity index (χ3n) is 0.740. The Kier molecular flexibility index (Phi) is 2.37. The van der Waals surface area contributed by atoms with Crippen molar-refractivity contribution in [3.05, 3.63) is 0 Å². The highest BCUT2D eigenvalue weighted by Crippen LogP contribution is 1.82. The zero-order valence-electron chi connectivity index (χ0n) is 4.42. The first-order chi connectivity index (χ1) is 3.18. The van der Waals surface area contributed by atoms with Crippen LogP contribution in [0.1, 0.15) is 6.92 Å². The summed E-state index contributed by atoms with van der Waals surface area (Å²) in [7, 11) is 1.45. The fraction of sp³-hybridized carbons (Fsp3) is 0.750. The van der Waals surface area contributed by atoms with Gasteiger partial charge >= 0.3 is 0 Å². The van der Waals surface area contributed by atoms with Crippen LogP contribution >= 0.6 is 0 Å². The molecule has 0 saturated heterocycles. The lowest BCUT2D eigenvalue weighted by molar-refractivity contribution is -0.127.